The Balaban J connectivity index is 1.56. The number of nitrogens with zero attached hydrogens (tertiary/aromatic N) is 1. The maximum atomic E-state index is 12.6. The van der Waals surface area contributed by atoms with E-state index in [9.17, 15) is 19.5 Å². The highest BCUT2D eigenvalue weighted by Gasteiger charge is 2.50. The molecular formula is C21H19NO5. The monoisotopic (exact) mass is 365 g/mol. The van der Waals surface area contributed by atoms with Gasteiger partial charge in [0, 0.05) is 12.3 Å². The Kier molecular flexibility index (Phi) is 3.98. The normalized spacial score (nSPS) is 21.1. The predicted molar refractivity (Wildman–Crippen MR) is 97.4 cm³/mol. The molecular weight excluding hydrogens is 346 g/mol. The molecule has 1 heterocycles. The Hall–Kier alpha value is -3.15. The number of rotatable bonds is 3. The second-order valence-corrected chi connectivity index (χ2v) is 7.18. The first-order chi connectivity index (χ1) is 12.9. The average molecular weight is 365 g/mol. The Bertz CT molecular complexity index is 908. The molecule has 1 aliphatic carbocycles. The van der Waals surface area contributed by atoms with Gasteiger partial charge in [-0.1, -0.05) is 48.5 Å². The smallest absolute Gasteiger partial charge is 0.411 e. The zero-order valence-electron chi connectivity index (χ0n) is 14.8. The number of carbonyl (C=O) groups excluding carboxylic acids is 2. The first-order valence-corrected chi connectivity index (χ1v) is 8.79. The number of ketones is 1. The van der Waals surface area contributed by atoms with E-state index in [0.29, 0.717) is 0 Å². The van der Waals surface area contributed by atoms with Crippen LogP contribution in [0.1, 0.15) is 30.4 Å². The van der Waals surface area contributed by atoms with E-state index in [2.05, 4.69) is 0 Å². The lowest BCUT2D eigenvalue weighted by atomic mass is 9.98. The topological polar surface area (TPSA) is 83.9 Å². The Morgan fingerprint density at radius 1 is 1.11 bits per heavy atom. The fraction of sp³-hybridized carbons (Fsp3) is 0.286. The first-order valence-electron chi connectivity index (χ1n) is 8.79. The highest BCUT2D eigenvalue weighted by atomic mass is 16.6. The van der Waals surface area contributed by atoms with Gasteiger partial charge >= 0.3 is 12.1 Å². The summed E-state index contributed by atoms with van der Waals surface area (Å²) in [6, 6.07) is 15.9. The molecule has 4 rings (SSSR count). The van der Waals surface area contributed by atoms with Crippen LogP contribution in [0.15, 0.2) is 48.5 Å². The molecule has 2 aromatic rings. The van der Waals surface area contributed by atoms with Crippen molar-refractivity contribution in [3.8, 4) is 11.1 Å². The third-order valence-corrected chi connectivity index (χ3v) is 5.49. The summed E-state index contributed by atoms with van der Waals surface area (Å²) in [5.41, 5.74) is 2.82. The second-order valence-electron chi connectivity index (χ2n) is 7.18. The molecule has 1 unspecified atom stereocenters. The van der Waals surface area contributed by atoms with E-state index in [1.807, 2.05) is 48.5 Å². The van der Waals surface area contributed by atoms with Crippen molar-refractivity contribution in [1.82, 2.24) is 4.90 Å². The number of hydrogen-bond acceptors (Lipinski definition) is 4. The van der Waals surface area contributed by atoms with Gasteiger partial charge < -0.3 is 9.84 Å². The highest BCUT2D eigenvalue weighted by Crippen LogP contribution is 2.44. The summed E-state index contributed by atoms with van der Waals surface area (Å²) >= 11 is 0. The molecule has 1 amide bonds. The first kappa shape index (κ1) is 17.3. The van der Waals surface area contributed by atoms with Gasteiger partial charge in [0.15, 0.2) is 5.78 Å². The lowest BCUT2D eigenvalue weighted by molar-refractivity contribution is -0.148. The average Bonchev–Trinajstić information content (AvgIpc) is 3.15. The van der Waals surface area contributed by atoms with E-state index >= 15 is 0 Å². The van der Waals surface area contributed by atoms with E-state index in [4.69, 9.17) is 4.74 Å². The molecule has 6 heteroatoms. The molecule has 1 aliphatic heterocycles. The maximum absolute atomic E-state index is 12.6. The Labute approximate surface area is 156 Å². The number of carboxylic acid groups (broad SMARTS) is 1. The van der Waals surface area contributed by atoms with Crippen LogP contribution in [-0.4, -0.2) is 46.5 Å². The minimum Gasteiger partial charge on any atom is -0.479 e. The van der Waals surface area contributed by atoms with E-state index < -0.39 is 17.6 Å². The van der Waals surface area contributed by atoms with Crippen LogP contribution in [0, 0.1) is 0 Å². The molecule has 0 spiro atoms. The second kappa shape index (κ2) is 6.23. The Morgan fingerprint density at radius 2 is 1.67 bits per heavy atom. The molecule has 0 bridgehead atoms. The number of fused-ring (bicyclic) bond motifs is 3. The van der Waals surface area contributed by atoms with Crippen molar-refractivity contribution in [3.63, 3.8) is 0 Å². The SMILES string of the molecule is CC1(C(=O)O)CC(=O)CN1C(=O)OCC1c2ccccc2-c2ccccc21. The summed E-state index contributed by atoms with van der Waals surface area (Å²) in [5.74, 6) is -1.61. The summed E-state index contributed by atoms with van der Waals surface area (Å²) in [7, 11) is 0. The molecule has 2 aliphatic rings. The van der Waals surface area contributed by atoms with Crippen LogP contribution in [0.4, 0.5) is 4.79 Å². The van der Waals surface area contributed by atoms with Gasteiger partial charge in [0.2, 0.25) is 0 Å². The van der Waals surface area contributed by atoms with Crippen molar-refractivity contribution in [2.75, 3.05) is 13.2 Å². The van der Waals surface area contributed by atoms with Gasteiger partial charge in [-0.25, -0.2) is 9.59 Å². The summed E-state index contributed by atoms with van der Waals surface area (Å²) in [6.45, 7) is 1.23. The lowest BCUT2D eigenvalue weighted by Crippen LogP contribution is -2.51. The van der Waals surface area contributed by atoms with Gasteiger partial charge in [0.1, 0.15) is 12.1 Å². The third kappa shape index (κ3) is 2.68. The molecule has 1 fully saturated rings. The van der Waals surface area contributed by atoms with Crippen LogP contribution in [0.25, 0.3) is 11.1 Å². The number of carboxylic acids is 1. The number of amides is 1. The fourth-order valence-corrected chi connectivity index (χ4v) is 4.02. The number of likely N-dealkylation sites (tertiary alicyclic amines) is 1. The van der Waals surface area contributed by atoms with Gasteiger partial charge in [-0.15, -0.1) is 0 Å². The molecule has 27 heavy (non-hydrogen) atoms. The van der Waals surface area contributed by atoms with E-state index in [0.717, 1.165) is 27.2 Å². The van der Waals surface area contributed by atoms with Crippen LogP contribution < -0.4 is 0 Å². The zero-order valence-corrected chi connectivity index (χ0v) is 14.8. The van der Waals surface area contributed by atoms with Crippen LogP contribution in [0.5, 0.6) is 0 Å². The lowest BCUT2D eigenvalue weighted by Gasteiger charge is -2.29. The van der Waals surface area contributed by atoms with Gasteiger partial charge in [0.25, 0.3) is 0 Å². The number of carbonyl (C=O) groups is 3. The van der Waals surface area contributed by atoms with Crippen molar-refractivity contribution in [1.29, 1.82) is 0 Å². The van der Waals surface area contributed by atoms with E-state index in [-0.39, 0.29) is 31.3 Å². The molecule has 138 valence electrons. The zero-order chi connectivity index (χ0) is 19.2. The van der Waals surface area contributed by atoms with Gasteiger partial charge in [-0.3, -0.25) is 9.69 Å². The largest absolute Gasteiger partial charge is 0.479 e. The van der Waals surface area contributed by atoms with Gasteiger partial charge in [-0.05, 0) is 29.2 Å². The van der Waals surface area contributed by atoms with Crippen molar-refractivity contribution >= 4 is 17.8 Å². The number of Topliss-reactive ketones (excluding diaryl/α,β-unsaturated/α-hetero) is 1. The molecule has 1 N–H and O–H groups in total. The third-order valence-electron chi connectivity index (χ3n) is 5.49. The maximum Gasteiger partial charge on any atom is 0.411 e. The van der Waals surface area contributed by atoms with Gasteiger partial charge in [0.05, 0.1) is 6.54 Å². The van der Waals surface area contributed by atoms with Crippen LogP contribution in [0.2, 0.25) is 0 Å². The van der Waals surface area contributed by atoms with Gasteiger partial charge in [-0.2, -0.15) is 0 Å². The summed E-state index contributed by atoms with van der Waals surface area (Å²) in [6.07, 6.45) is -0.973. The van der Waals surface area contributed by atoms with E-state index in [1.54, 1.807) is 0 Å². The number of aliphatic carboxylic acids is 1. The standard InChI is InChI=1S/C21H19NO5/c1-21(19(24)25)10-13(23)11-22(21)20(26)27-12-18-16-8-4-2-6-14(16)15-7-3-5-9-17(15)18/h2-9,18H,10-12H2,1H3,(H,24,25). The van der Waals surface area contributed by atoms with Crippen molar-refractivity contribution < 1.29 is 24.2 Å². The van der Waals surface area contributed by atoms with Crippen LogP contribution in [-0.2, 0) is 14.3 Å². The summed E-state index contributed by atoms with van der Waals surface area (Å²) in [5, 5.41) is 9.45. The minimum atomic E-state index is -1.56. The Morgan fingerprint density at radius 3 is 2.22 bits per heavy atom. The van der Waals surface area contributed by atoms with Crippen molar-refractivity contribution in [2.24, 2.45) is 0 Å². The predicted octanol–water partition coefficient (Wildman–Crippen LogP) is 3.05. The number of ether oxygens (including phenoxy) is 1. The van der Waals surface area contributed by atoms with Crippen LogP contribution >= 0.6 is 0 Å². The molecule has 0 saturated carbocycles. The highest BCUT2D eigenvalue weighted by molar-refractivity contribution is 5.98. The number of hydrogen-bond donors (Lipinski definition) is 1. The molecule has 1 atom stereocenters. The number of benzene rings is 2. The minimum absolute atomic E-state index is 0.0905. The summed E-state index contributed by atoms with van der Waals surface area (Å²) < 4.78 is 5.49. The fourth-order valence-electron chi connectivity index (χ4n) is 4.02. The van der Waals surface area contributed by atoms with Crippen molar-refractivity contribution in [2.45, 2.75) is 24.8 Å². The van der Waals surface area contributed by atoms with E-state index in [1.165, 1.54) is 6.92 Å². The molecule has 1 saturated heterocycles. The summed E-state index contributed by atoms with van der Waals surface area (Å²) in [4.78, 5) is 36.9. The molecule has 6 nitrogen and oxygen atoms in total. The molecule has 2 aromatic carbocycles. The molecule has 0 aromatic heterocycles. The molecule has 0 radical (unpaired) electrons. The van der Waals surface area contributed by atoms with Crippen molar-refractivity contribution in [3.05, 3.63) is 59.7 Å². The van der Waals surface area contributed by atoms with Crippen LogP contribution in [0.3, 0.4) is 0 Å². The quantitative estimate of drug-likeness (QED) is 0.904.